The SMILES string of the molecule is Cl.NC[C@H]1CCC[C@H]1C(=O)Nc1cccc(CN2CCCCC2=O)c1. The van der Waals surface area contributed by atoms with Gasteiger partial charge in [0, 0.05) is 31.1 Å². The molecule has 1 heterocycles. The van der Waals surface area contributed by atoms with E-state index in [-0.39, 0.29) is 30.1 Å². The molecule has 2 amide bonds. The van der Waals surface area contributed by atoms with Crippen molar-refractivity contribution in [1.82, 2.24) is 4.90 Å². The fraction of sp³-hybridized carbons (Fsp3) is 0.579. The van der Waals surface area contributed by atoms with Crippen molar-refractivity contribution in [3.05, 3.63) is 29.8 Å². The van der Waals surface area contributed by atoms with Crippen LogP contribution in [0.1, 0.15) is 44.1 Å². The first-order valence-electron chi connectivity index (χ1n) is 9.05. The van der Waals surface area contributed by atoms with Crippen LogP contribution in [0.5, 0.6) is 0 Å². The van der Waals surface area contributed by atoms with Gasteiger partial charge in [0.15, 0.2) is 0 Å². The van der Waals surface area contributed by atoms with E-state index in [0.29, 0.717) is 25.4 Å². The van der Waals surface area contributed by atoms with Crippen LogP contribution in [0.15, 0.2) is 24.3 Å². The van der Waals surface area contributed by atoms with Crippen LogP contribution in [0.4, 0.5) is 5.69 Å². The maximum absolute atomic E-state index is 12.5. The van der Waals surface area contributed by atoms with E-state index in [1.165, 1.54) is 0 Å². The quantitative estimate of drug-likeness (QED) is 0.842. The highest BCUT2D eigenvalue weighted by Gasteiger charge is 2.31. The number of anilines is 1. The van der Waals surface area contributed by atoms with Gasteiger partial charge in [-0.15, -0.1) is 12.4 Å². The second kappa shape index (κ2) is 9.20. The molecule has 1 aliphatic carbocycles. The number of nitrogens with zero attached hydrogens (tertiary/aromatic N) is 1. The minimum absolute atomic E-state index is 0. The number of amides is 2. The first-order chi connectivity index (χ1) is 11.7. The first kappa shape index (κ1) is 19.7. The fourth-order valence-corrected chi connectivity index (χ4v) is 3.90. The number of nitrogens with two attached hydrogens (primary N) is 1. The minimum atomic E-state index is 0. The van der Waals surface area contributed by atoms with Crippen LogP contribution in [0, 0.1) is 11.8 Å². The van der Waals surface area contributed by atoms with Crippen LogP contribution >= 0.6 is 12.4 Å². The molecule has 0 spiro atoms. The predicted octanol–water partition coefficient (Wildman–Crippen LogP) is 2.93. The number of carbonyl (C=O) groups excluding carboxylic acids is 2. The molecule has 3 rings (SSSR count). The molecule has 6 heteroatoms. The Bertz CT molecular complexity index is 608. The molecule has 5 nitrogen and oxygen atoms in total. The lowest BCUT2D eigenvalue weighted by Crippen LogP contribution is -2.34. The summed E-state index contributed by atoms with van der Waals surface area (Å²) in [5.41, 5.74) is 7.65. The third-order valence-corrected chi connectivity index (χ3v) is 5.29. The van der Waals surface area contributed by atoms with Gasteiger partial charge in [0.1, 0.15) is 0 Å². The summed E-state index contributed by atoms with van der Waals surface area (Å²) in [5.74, 6) is 0.642. The van der Waals surface area contributed by atoms with Crippen LogP contribution < -0.4 is 11.1 Å². The van der Waals surface area contributed by atoms with E-state index >= 15 is 0 Å². The van der Waals surface area contributed by atoms with Gasteiger partial charge in [0.05, 0.1) is 0 Å². The smallest absolute Gasteiger partial charge is 0.227 e. The molecule has 1 aromatic rings. The number of nitrogens with one attached hydrogen (secondary N) is 1. The highest BCUT2D eigenvalue weighted by atomic mass is 35.5. The number of piperidine rings is 1. The van der Waals surface area contributed by atoms with Crippen molar-refractivity contribution in [2.24, 2.45) is 17.6 Å². The summed E-state index contributed by atoms with van der Waals surface area (Å²) < 4.78 is 0. The lowest BCUT2D eigenvalue weighted by Gasteiger charge is -2.27. The lowest BCUT2D eigenvalue weighted by atomic mass is 9.95. The zero-order valence-electron chi connectivity index (χ0n) is 14.6. The van der Waals surface area contributed by atoms with Crippen LogP contribution in [0.2, 0.25) is 0 Å². The summed E-state index contributed by atoms with van der Waals surface area (Å²) >= 11 is 0. The van der Waals surface area contributed by atoms with Crippen LogP contribution in [0.25, 0.3) is 0 Å². The normalized spacial score (nSPS) is 23.2. The first-order valence-corrected chi connectivity index (χ1v) is 9.05. The molecule has 3 N–H and O–H groups in total. The molecular formula is C19H28ClN3O2. The Morgan fingerprint density at radius 1 is 1.24 bits per heavy atom. The Balaban J connectivity index is 0.00000225. The van der Waals surface area contributed by atoms with Crippen molar-refractivity contribution in [2.45, 2.75) is 45.1 Å². The molecule has 0 bridgehead atoms. The highest BCUT2D eigenvalue weighted by molar-refractivity contribution is 5.93. The Morgan fingerprint density at radius 3 is 2.84 bits per heavy atom. The summed E-state index contributed by atoms with van der Waals surface area (Å²) in [6, 6.07) is 7.84. The maximum Gasteiger partial charge on any atom is 0.227 e. The number of carbonyl (C=O) groups is 2. The summed E-state index contributed by atoms with van der Waals surface area (Å²) in [6.07, 6.45) is 5.77. The monoisotopic (exact) mass is 365 g/mol. The van der Waals surface area contributed by atoms with E-state index in [2.05, 4.69) is 5.32 Å². The third-order valence-electron chi connectivity index (χ3n) is 5.29. The van der Waals surface area contributed by atoms with E-state index < -0.39 is 0 Å². The van der Waals surface area contributed by atoms with Crippen molar-refractivity contribution in [1.29, 1.82) is 0 Å². The van der Waals surface area contributed by atoms with Gasteiger partial charge >= 0.3 is 0 Å². The molecule has 1 saturated heterocycles. The van der Waals surface area contributed by atoms with Gasteiger partial charge in [0.2, 0.25) is 11.8 Å². The molecule has 25 heavy (non-hydrogen) atoms. The highest BCUT2D eigenvalue weighted by Crippen LogP contribution is 2.32. The number of halogens is 1. The van der Waals surface area contributed by atoms with Crippen molar-refractivity contribution in [3.63, 3.8) is 0 Å². The second-order valence-corrected chi connectivity index (χ2v) is 7.00. The zero-order valence-corrected chi connectivity index (χ0v) is 15.4. The van der Waals surface area contributed by atoms with Crippen LogP contribution in [0.3, 0.4) is 0 Å². The second-order valence-electron chi connectivity index (χ2n) is 7.00. The van der Waals surface area contributed by atoms with Crippen molar-refractivity contribution >= 4 is 29.9 Å². The Morgan fingerprint density at radius 2 is 2.08 bits per heavy atom. The lowest BCUT2D eigenvalue weighted by molar-refractivity contribution is -0.133. The molecule has 2 aliphatic rings. The van der Waals surface area contributed by atoms with Gasteiger partial charge in [-0.3, -0.25) is 9.59 Å². The molecule has 2 atom stereocenters. The summed E-state index contributed by atoms with van der Waals surface area (Å²) in [5, 5.41) is 3.04. The topological polar surface area (TPSA) is 75.4 Å². The predicted molar refractivity (Wildman–Crippen MR) is 101 cm³/mol. The Kier molecular flexibility index (Phi) is 7.26. The molecule has 0 unspecified atom stereocenters. The van der Waals surface area contributed by atoms with Gasteiger partial charge in [-0.2, -0.15) is 0 Å². The largest absolute Gasteiger partial charge is 0.338 e. The summed E-state index contributed by atoms with van der Waals surface area (Å²) in [7, 11) is 0. The molecule has 1 aliphatic heterocycles. The number of benzene rings is 1. The standard InChI is InChI=1S/C19H27N3O2.ClH/c20-12-15-6-4-8-17(15)19(24)21-16-7-3-5-14(11-16)13-22-10-2-1-9-18(22)23;/h3,5,7,11,15,17H,1-2,4,6,8-10,12-13,20H2,(H,21,24);1H/t15-,17-;/m1./s1. The minimum Gasteiger partial charge on any atom is -0.338 e. The van der Waals surface area contributed by atoms with Gasteiger partial charge in [-0.25, -0.2) is 0 Å². The average Bonchev–Trinajstić information content (AvgIpc) is 3.06. The molecule has 0 aromatic heterocycles. The van der Waals surface area contributed by atoms with Crippen molar-refractivity contribution in [2.75, 3.05) is 18.4 Å². The van der Waals surface area contributed by atoms with Crippen molar-refractivity contribution in [3.8, 4) is 0 Å². The number of hydrogen-bond acceptors (Lipinski definition) is 3. The Labute approximate surface area is 155 Å². The molecule has 0 radical (unpaired) electrons. The van der Waals surface area contributed by atoms with Gasteiger partial charge in [0.25, 0.3) is 0 Å². The summed E-state index contributed by atoms with van der Waals surface area (Å²) in [4.78, 5) is 26.4. The fourth-order valence-electron chi connectivity index (χ4n) is 3.90. The molecule has 1 saturated carbocycles. The van der Waals surface area contributed by atoms with E-state index in [9.17, 15) is 9.59 Å². The summed E-state index contributed by atoms with van der Waals surface area (Å²) in [6.45, 7) is 2.03. The maximum atomic E-state index is 12.5. The van der Waals surface area contributed by atoms with E-state index in [1.54, 1.807) is 0 Å². The van der Waals surface area contributed by atoms with Gasteiger partial charge in [-0.05, 0) is 55.8 Å². The molecular weight excluding hydrogens is 338 g/mol. The number of hydrogen-bond donors (Lipinski definition) is 2. The number of likely N-dealkylation sites (tertiary alicyclic amines) is 1. The zero-order chi connectivity index (χ0) is 16.9. The third kappa shape index (κ3) is 4.95. The van der Waals surface area contributed by atoms with Crippen LogP contribution in [-0.2, 0) is 16.1 Å². The number of rotatable bonds is 5. The van der Waals surface area contributed by atoms with Crippen LogP contribution in [-0.4, -0.2) is 29.8 Å². The van der Waals surface area contributed by atoms with Crippen molar-refractivity contribution < 1.29 is 9.59 Å². The Hall–Kier alpha value is -1.59. The van der Waals surface area contributed by atoms with Gasteiger partial charge in [-0.1, -0.05) is 18.6 Å². The van der Waals surface area contributed by atoms with E-state index in [4.69, 9.17) is 5.73 Å². The average molecular weight is 366 g/mol. The van der Waals surface area contributed by atoms with Gasteiger partial charge < -0.3 is 16.0 Å². The molecule has 1 aromatic carbocycles. The molecule has 2 fully saturated rings. The van der Waals surface area contributed by atoms with E-state index in [0.717, 1.165) is 49.9 Å². The van der Waals surface area contributed by atoms with E-state index in [1.807, 2.05) is 29.2 Å². The molecule has 138 valence electrons.